The van der Waals surface area contributed by atoms with Crippen LogP contribution < -0.4 is 4.74 Å². The summed E-state index contributed by atoms with van der Waals surface area (Å²) in [5.41, 5.74) is 3.06. The lowest BCUT2D eigenvalue weighted by atomic mass is 9.81. The molecule has 2 aliphatic rings. The van der Waals surface area contributed by atoms with E-state index in [1.807, 2.05) is 0 Å². The lowest BCUT2D eigenvalue weighted by molar-refractivity contribution is 0.0895. The van der Waals surface area contributed by atoms with Gasteiger partial charge in [-0.2, -0.15) is 0 Å². The fourth-order valence-corrected chi connectivity index (χ4v) is 4.09. The summed E-state index contributed by atoms with van der Waals surface area (Å²) in [6.45, 7) is 7.23. The maximum absolute atomic E-state index is 5.42. The van der Waals surface area contributed by atoms with Crippen molar-refractivity contribution in [1.29, 1.82) is 0 Å². The number of rotatable bonds is 3. The zero-order chi connectivity index (χ0) is 14.1. The van der Waals surface area contributed by atoms with E-state index >= 15 is 0 Å². The van der Waals surface area contributed by atoms with Crippen LogP contribution >= 0.6 is 0 Å². The topological polar surface area (TPSA) is 12.5 Å². The first kappa shape index (κ1) is 13.9. The van der Waals surface area contributed by atoms with E-state index < -0.39 is 0 Å². The molecule has 0 N–H and O–H groups in total. The highest BCUT2D eigenvalue weighted by atomic mass is 16.5. The molecule has 2 unspecified atom stereocenters. The van der Waals surface area contributed by atoms with E-state index in [1.165, 1.54) is 49.9 Å². The summed E-state index contributed by atoms with van der Waals surface area (Å²) in [5.74, 6) is 2.74. The summed E-state index contributed by atoms with van der Waals surface area (Å²) in [5, 5.41) is 0. The van der Waals surface area contributed by atoms with Crippen molar-refractivity contribution in [2.75, 3.05) is 20.2 Å². The number of piperidine rings is 1. The van der Waals surface area contributed by atoms with Gasteiger partial charge in [0.1, 0.15) is 5.75 Å². The van der Waals surface area contributed by atoms with Crippen LogP contribution in [0.15, 0.2) is 18.2 Å². The maximum atomic E-state index is 5.42. The van der Waals surface area contributed by atoms with Gasteiger partial charge in [0.25, 0.3) is 0 Å². The van der Waals surface area contributed by atoms with Gasteiger partial charge in [0.15, 0.2) is 0 Å². The van der Waals surface area contributed by atoms with Crippen molar-refractivity contribution in [3.63, 3.8) is 0 Å². The van der Waals surface area contributed by atoms with Crippen LogP contribution in [0, 0.1) is 11.8 Å². The van der Waals surface area contributed by atoms with Gasteiger partial charge in [-0.1, -0.05) is 19.9 Å². The third-order valence-electron chi connectivity index (χ3n) is 4.97. The van der Waals surface area contributed by atoms with Crippen molar-refractivity contribution in [2.24, 2.45) is 11.8 Å². The molecule has 110 valence electrons. The smallest absolute Gasteiger partial charge is 0.119 e. The van der Waals surface area contributed by atoms with Gasteiger partial charge in [0, 0.05) is 19.1 Å². The minimum absolute atomic E-state index is 0.636. The Bertz CT molecular complexity index is 468. The van der Waals surface area contributed by atoms with Gasteiger partial charge in [-0.05, 0) is 60.8 Å². The fourth-order valence-electron chi connectivity index (χ4n) is 4.09. The second-order valence-corrected chi connectivity index (χ2v) is 6.90. The van der Waals surface area contributed by atoms with Gasteiger partial charge in [0.2, 0.25) is 0 Å². The molecule has 0 spiro atoms. The number of nitrogens with zero attached hydrogens (tertiary/aromatic N) is 1. The SMILES string of the molecule is COc1ccc2c(c1)C1CCC(CC(C)C)CN1CC2. The van der Waals surface area contributed by atoms with Crippen LogP contribution in [-0.4, -0.2) is 25.1 Å². The summed E-state index contributed by atoms with van der Waals surface area (Å²) in [6, 6.07) is 7.29. The Morgan fingerprint density at radius 2 is 2.15 bits per heavy atom. The van der Waals surface area contributed by atoms with Crippen molar-refractivity contribution >= 4 is 0 Å². The molecule has 3 rings (SSSR count). The molecular weight excluding hydrogens is 246 g/mol. The highest BCUT2D eigenvalue weighted by Gasteiger charge is 2.33. The number of hydrogen-bond acceptors (Lipinski definition) is 2. The van der Waals surface area contributed by atoms with Crippen LogP contribution in [0.5, 0.6) is 5.75 Å². The molecule has 1 saturated heterocycles. The van der Waals surface area contributed by atoms with Crippen molar-refractivity contribution in [3.05, 3.63) is 29.3 Å². The molecule has 0 bridgehead atoms. The zero-order valence-electron chi connectivity index (χ0n) is 13.1. The average molecular weight is 273 g/mol. The molecule has 2 nitrogen and oxygen atoms in total. The Morgan fingerprint density at radius 1 is 1.30 bits per heavy atom. The number of ether oxygens (including phenoxy) is 1. The van der Waals surface area contributed by atoms with Crippen LogP contribution in [0.25, 0.3) is 0 Å². The van der Waals surface area contributed by atoms with E-state index in [4.69, 9.17) is 4.74 Å². The van der Waals surface area contributed by atoms with Crippen molar-refractivity contribution in [1.82, 2.24) is 4.90 Å². The molecule has 20 heavy (non-hydrogen) atoms. The Balaban J connectivity index is 1.77. The quantitative estimate of drug-likeness (QED) is 0.823. The lowest BCUT2D eigenvalue weighted by Gasteiger charge is -2.44. The minimum Gasteiger partial charge on any atom is -0.497 e. The molecule has 0 saturated carbocycles. The standard InChI is InChI=1S/C18H27NO/c1-13(2)10-14-4-7-18-17-11-16(20-3)6-5-15(17)8-9-19(18)12-14/h5-6,11,13-14,18H,4,7-10,12H2,1-3H3. The molecule has 0 amide bonds. The van der Waals surface area contributed by atoms with Gasteiger partial charge in [-0.15, -0.1) is 0 Å². The Hall–Kier alpha value is -1.02. The van der Waals surface area contributed by atoms with E-state index in [1.54, 1.807) is 7.11 Å². The molecule has 1 fully saturated rings. The number of methoxy groups -OCH3 is 1. The first-order chi connectivity index (χ1) is 9.67. The summed E-state index contributed by atoms with van der Waals surface area (Å²) in [7, 11) is 1.77. The van der Waals surface area contributed by atoms with Crippen LogP contribution in [0.4, 0.5) is 0 Å². The summed E-state index contributed by atoms with van der Waals surface area (Å²) < 4.78 is 5.42. The molecule has 2 heteroatoms. The van der Waals surface area contributed by atoms with Gasteiger partial charge in [-0.25, -0.2) is 0 Å². The lowest BCUT2D eigenvalue weighted by Crippen LogP contribution is -2.42. The minimum atomic E-state index is 0.636. The zero-order valence-corrected chi connectivity index (χ0v) is 13.1. The molecule has 2 aliphatic heterocycles. The maximum Gasteiger partial charge on any atom is 0.119 e. The second kappa shape index (κ2) is 5.77. The van der Waals surface area contributed by atoms with Crippen LogP contribution in [0.1, 0.15) is 50.3 Å². The Kier molecular flexibility index (Phi) is 4.02. The van der Waals surface area contributed by atoms with Crippen molar-refractivity contribution < 1.29 is 4.74 Å². The van der Waals surface area contributed by atoms with E-state index in [0.29, 0.717) is 6.04 Å². The Morgan fingerprint density at radius 3 is 2.90 bits per heavy atom. The first-order valence-electron chi connectivity index (χ1n) is 8.08. The van der Waals surface area contributed by atoms with Gasteiger partial charge in [-0.3, -0.25) is 4.90 Å². The summed E-state index contributed by atoms with van der Waals surface area (Å²) >= 11 is 0. The molecule has 1 aromatic carbocycles. The second-order valence-electron chi connectivity index (χ2n) is 6.90. The molecule has 0 radical (unpaired) electrons. The van der Waals surface area contributed by atoms with E-state index in [0.717, 1.165) is 17.6 Å². The van der Waals surface area contributed by atoms with Crippen LogP contribution in [0.2, 0.25) is 0 Å². The van der Waals surface area contributed by atoms with E-state index in [2.05, 4.69) is 36.9 Å². The first-order valence-corrected chi connectivity index (χ1v) is 8.08. The van der Waals surface area contributed by atoms with Crippen LogP contribution in [0.3, 0.4) is 0 Å². The summed E-state index contributed by atoms with van der Waals surface area (Å²) in [4.78, 5) is 2.72. The van der Waals surface area contributed by atoms with Crippen LogP contribution in [-0.2, 0) is 6.42 Å². The average Bonchev–Trinajstić information content (AvgIpc) is 2.45. The van der Waals surface area contributed by atoms with E-state index in [9.17, 15) is 0 Å². The molecule has 0 aromatic heterocycles. The van der Waals surface area contributed by atoms with Crippen molar-refractivity contribution in [2.45, 2.75) is 45.6 Å². The third kappa shape index (κ3) is 2.71. The van der Waals surface area contributed by atoms with E-state index in [-0.39, 0.29) is 0 Å². The predicted octanol–water partition coefficient (Wildman–Crippen LogP) is 4.05. The van der Waals surface area contributed by atoms with Gasteiger partial charge >= 0.3 is 0 Å². The number of benzene rings is 1. The molecule has 1 aromatic rings. The number of hydrogen-bond donors (Lipinski definition) is 0. The molecule has 0 aliphatic carbocycles. The highest BCUT2D eigenvalue weighted by molar-refractivity contribution is 5.39. The molecular formula is C18H27NO. The molecule has 2 heterocycles. The third-order valence-corrected chi connectivity index (χ3v) is 4.97. The predicted molar refractivity (Wildman–Crippen MR) is 83.2 cm³/mol. The normalized spacial score (nSPS) is 26.2. The Labute approximate surface area is 123 Å². The van der Waals surface area contributed by atoms with Gasteiger partial charge in [0.05, 0.1) is 7.11 Å². The van der Waals surface area contributed by atoms with Crippen molar-refractivity contribution in [3.8, 4) is 5.75 Å². The monoisotopic (exact) mass is 273 g/mol. The highest BCUT2D eigenvalue weighted by Crippen LogP contribution is 2.40. The largest absolute Gasteiger partial charge is 0.497 e. The summed E-state index contributed by atoms with van der Waals surface area (Å²) in [6.07, 6.45) is 5.28. The van der Waals surface area contributed by atoms with Gasteiger partial charge < -0.3 is 4.74 Å². The number of fused-ring (bicyclic) bond motifs is 3. The fraction of sp³-hybridized carbons (Fsp3) is 0.667. The molecule has 2 atom stereocenters.